The molecule has 0 aliphatic carbocycles. The molecule has 0 radical (unpaired) electrons. The number of carbonyl (C=O) groups excluding carboxylic acids is 4. The minimum absolute atomic E-state index is 0.0502. The highest BCUT2D eigenvalue weighted by Gasteiger charge is 2.29. The van der Waals surface area contributed by atoms with Gasteiger partial charge in [0, 0.05) is 26.7 Å². The molecule has 4 amide bonds. The number of carbonyl (C=O) groups is 4. The van der Waals surface area contributed by atoms with Crippen molar-refractivity contribution in [3.05, 3.63) is 0 Å². The third kappa shape index (κ3) is 4.87. The molecule has 2 N–H and O–H groups in total. The lowest BCUT2D eigenvalue weighted by atomic mass is 10.4. The molecule has 0 bridgehead atoms. The van der Waals surface area contributed by atoms with Crippen LogP contribution in [0.1, 0.15) is 0 Å². The summed E-state index contributed by atoms with van der Waals surface area (Å²) in [5.41, 5.74) is 0. The van der Waals surface area contributed by atoms with Crippen molar-refractivity contribution in [2.45, 2.75) is 0 Å². The molecule has 0 saturated carbocycles. The Morgan fingerprint density at radius 1 is 1.26 bits per heavy atom. The first-order valence-corrected chi connectivity index (χ1v) is 6.57. The number of imide groups is 1. The highest BCUT2D eigenvalue weighted by molar-refractivity contribution is 8.14. The van der Waals surface area contributed by atoms with Crippen molar-refractivity contribution in [3.63, 3.8) is 0 Å². The predicted octanol–water partition coefficient (Wildman–Crippen LogP) is -1.44. The van der Waals surface area contributed by atoms with Gasteiger partial charge >= 0.3 is 11.8 Å². The van der Waals surface area contributed by atoms with Crippen LogP contribution in [0.4, 0.5) is 4.79 Å². The van der Waals surface area contributed by atoms with Gasteiger partial charge in [-0.2, -0.15) is 0 Å². The molecule has 1 rings (SSSR count). The average Bonchev–Trinajstić information content (AvgIpc) is 2.70. The Kier molecular flexibility index (Phi) is 6.30. The van der Waals surface area contributed by atoms with Crippen molar-refractivity contribution >= 4 is 34.7 Å². The van der Waals surface area contributed by atoms with Crippen LogP contribution in [0.15, 0.2) is 0 Å². The van der Waals surface area contributed by atoms with E-state index < -0.39 is 11.8 Å². The van der Waals surface area contributed by atoms with Gasteiger partial charge in [0.15, 0.2) is 0 Å². The quantitative estimate of drug-likeness (QED) is 0.458. The standard InChI is InChI=1S/C10H15N3O5S/c1-18-5-3-12-9(16)8(15)11-2-4-13-7(14)6-19-10(13)17/h2-6H2,1H3,(H,11,15)(H,12,16). The molecule has 106 valence electrons. The zero-order valence-electron chi connectivity index (χ0n) is 10.4. The number of thioether (sulfide) groups is 1. The van der Waals surface area contributed by atoms with Crippen LogP contribution in [0.3, 0.4) is 0 Å². The van der Waals surface area contributed by atoms with Crippen LogP contribution in [-0.2, 0) is 19.1 Å². The Balaban J connectivity index is 2.21. The fourth-order valence-electron chi connectivity index (χ4n) is 1.31. The molecule has 8 nitrogen and oxygen atoms in total. The number of nitrogens with one attached hydrogen (secondary N) is 2. The van der Waals surface area contributed by atoms with E-state index in [0.717, 1.165) is 16.7 Å². The van der Waals surface area contributed by atoms with E-state index in [1.165, 1.54) is 7.11 Å². The van der Waals surface area contributed by atoms with Gasteiger partial charge in [-0.25, -0.2) is 0 Å². The van der Waals surface area contributed by atoms with Gasteiger partial charge in [-0.05, 0) is 0 Å². The summed E-state index contributed by atoms with van der Waals surface area (Å²) < 4.78 is 4.71. The summed E-state index contributed by atoms with van der Waals surface area (Å²) in [7, 11) is 1.48. The smallest absolute Gasteiger partial charge is 0.309 e. The number of hydrogen-bond acceptors (Lipinski definition) is 6. The van der Waals surface area contributed by atoms with Crippen molar-refractivity contribution < 1.29 is 23.9 Å². The first-order valence-electron chi connectivity index (χ1n) is 5.58. The Morgan fingerprint density at radius 2 is 1.89 bits per heavy atom. The number of hydrogen-bond donors (Lipinski definition) is 2. The van der Waals surface area contributed by atoms with Crippen molar-refractivity contribution in [1.29, 1.82) is 0 Å². The molecule has 1 fully saturated rings. The lowest BCUT2D eigenvalue weighted by molar-refractivity contribution is -0.139. The average molecular weight is 289 g/mol. The van der Waals surface area contributed by atoms with Crippen molar-refractivity contribution in [2.75, 3.05) is 39.1 Å². The second-order valence-electron chi connectivity index (χ2n) is 3.60. The first kappa shape index (κ1) is 15.4. The van der Waals surface area contributed by atoms with E-state index in [4.69, 9.17) is 4.74 Å². The maximum Gasteiger partial charge on any atom is 0.309 e. The number of rotatable bonds is 6. The summed E-state index contributed by atoms with van der Waals surface area (Å²) in [6.07, 6.45) is 0. The Labute approximate surface area is 114 Å². The maximum atomic E-state index is 11.3. The fourth-order valence-corrected chi connectivity index (χ4v) is 2.06. The topological polar surface area (TPSA) is 105 Å². The molecule has 1 aliphatic rings. The fraction of sp³-hybridized carbons (Fsp3) is 0.600. The zero-order chi connectivity index (χ0) is 14.3. The molecule has 19 heavy (non-hydrogen) atoms. The summed E-state index contributed by atoms with van der Waals surface area (Å²) in [5.74, 6) is -1.73. The van der Waals surface area contributed by atoms with Gasteiger partial charge in [0.25, 0.3) is 5.24 Å². The van der Waals surface area contributed by atoms with Crippen molar-refractivity contribution in [1.82, 2.24) is 15.5 Å². The third-order valence-electron chi connectivity index (χ3n) is 2.26. The molecular weight excluding hydrogens is 274 g/mol. The van der Waals surface area contributed by atoms with Gasteiger partial charge < -0.3 is 15.4 Å². The van der Waals surface area contributed by atoms with Crippen molar-refractivity contribution in [2.24, 2.45) is 0 Å². The van der Waals surface area contributed by atoms with Gasteiger partial charge in [0.2, 0.25) is 5.91 Å². The van der Waals surface area contributed by atoms with Gasteiger partial charge in [-0.3, -0.25) is 24.1 Å². The normalized spacial score (nSPS) is 14.7. The van der Waals surface area contributed by atoms with E-state index in [1.807, 2.05) is 0 Å². The SMILES string of the molecule is COCCNC(=O)C(=O)NCCN1C(=O)CSC1=O. The maximum absolute atomic E-state index is 11.3. The van der Waals surface area contributed by atoms with Crippen LogP contribution >= 0.6 is 11.8 Å². The van der Waals surface area contributed by atoms with Crippen LogP contribution in [0, 0.1) is 0 Å². The third-order valence-corrected chi connectivity index (χ3v) is 3.12. The van der Waals surface area contributed by atoms with E-state index in [0.29, 0.717) is 6.61 Å². The Hall–Kier alpha value is -1.61. The second kappa shape index (κ2) is 7.74. The van der Waals surface area contributed by atoms with Gasteiger partial charge in [-0.15, -0.1) is 0 Å². The molecule has 1 heterocycles. The molecule has 9 heteroatoms. The monoisotopic (exact) mass is 289 g/mol. The predicted molar refractivity (Wildman–Crippen MR) is 67.5 cm³/mol. The molecule has 1 aliphatic heterocycles. The van der Waals surface area contributed by atoms with Crippen LogP contribution in [0.2, 0.25) is 0 Å². The highest BCUT2D eigenvalue weighted by atomic mass is 32.2. The summed E-state index contributed by atoms with van der Waals surface area (Å²) in [4.78, 5) is 46.1. The van der Waals surface area contributed by atoms with Gasteiger partial charge in [0.1, 0.15) is 0 Å². The minimum Gasteiger partial charge on any atom is -0.383 e. The summed E-state index contributed by atoms with van der Waals surface area (Å²) in [6.45, 7) is 0.672. The number of amides is 4. The highest BCUT2D eigenvalue weighted by Crippen LogP contribution is 2.17. The molecule has 0 aromatic carbocycles. The van der Waals surface area contributed by atoms with E-state index in [-0.39, 0.29) is 36.5 Å². The minimum atomic E-state index is -0.803. The van der Waals surface area contributed by atoms with Crippen LogP contribution in [0.25, 0.3) is 0 Å². The lowest BCUT2D eigenvalue weighted by Crippen LogP contribution is -2.44. The molecule has 0 unspecified atom stereocenters. The van der Waals surface area contributed by atoms with Gasteiger partial charge in [-0.1, -0.05) is 11.8 Å². The van der Waals surface area contributed by atoms with Crippen LogP contribution < -0.4 is 10.6 Å². The molecule has 0 aromatic heterocycles. The van der Waals surface area contributed by atoms with E-state index >= 15 is 0 Å². The van der Waals surface area contributed by atoms with E-state index in [9.17, 15) is 19.2 Å². The largest absolute Gasteiger partial charge is 0.383 e. The molecule has 0 atom stereocenters. The Morgan fingerprint density at radius 3 is 2.42 bits per heavy atom. The summed E-state index contributed by atoms with van der Waals surface area (Å²) in [6, 6.07) is 0. The van der Waals surface area contributed by atoms with E-state index in [1.54, 1.807) is 0 Å². The summed E-state index contributed by atoms with van der Waals surface area (Å²) >= 11 is 0.924. The number of ether oxygens (including phenoxy) is 1. The van der Waals surface area contributed by atoms with Crippen LogP contribution in [0.5, 0.6) is 0 Å². The second-order valence-corrected chi connectivity index (χ2v) is 4.53. The summed E-state index contributed by atoms with van der Waals surface area (Å²) in [5, 5.41) is 4.35. The molecule has 1 saturated heterocycles. The van der Waals surface area contributed by atoms with Crippen LogP contribution in [-0.4, -0.2) is 67.0 Å². The molecular formula is C10H15N3O5S. The number of nitrogens with zero attached hydrogens (tertiary/aromatic N) is 1. The number of methoxy groups -OCH3 is 1. The zero-order valence-corrected chi connectivity index (χ0v) is 11.2. The van der Waals surface area contributed by atoms with E-state index in [2.05, 4.69) is 10.6 Å². The lowest BCUT2D eigenvalue weighted by Gasteiger charge is -2.12. The molecule has 0 aromatic rings. The first-order chi connectivity index (χ1) is 9.06. The van der Waals surface area contributed by atoms with Gasteiger partial charge in [0.05, 0.1) is 12.4 Å². The molecule has 0 spiro atoms. The van der Waals surface area contributed by atoms with Crippen molar-refractivity contribution in [3.8, 4) is 0 Å². The Bertz CT molecular complexity index is 371.